The summed E-state index contributed by atoms with van der Waals surface area (Å²) in [4.78, 5) is 37.3. The molecule has 0 saturated heterocycles. The lowest BCUT2D eigenvalue weighted by Crippen LogP contribution is -2.37. The van der Waals surface area contributed by atoms with Crippen LogP contribution in [0.4, 0.5) is 5.69 Å². The Bertz CT molecular complexity index is 860. The van der Waals surface area contributed by atoms with Crippen LogP contribution in [0.2, 0.25) is 0 Å². The van der Waals surface area contributed by atoms with Crippen LogP contribution in [-0.2, 0) is 14.3 Å². The lowest BCUT2D eigenvalue weighted by molar-refractivity contribution is -0.146. The minimum atomic E-state index is -0.764. The second-order valence-corrected chi connectivity index (χ2v) is 5.55. The largest absolute Gasteiger partial charge is 0.497 e. The molecule has 0 aliphatic heterocycles. The van der Waals surface area contributed by atoms with Crippen LogP contribution in [0.15, 0.2) is 54.6 Å². The number of carbonyl (C=O) groups is 3. The Morgan fingerprint density at radius 2 is 1.75 bits per heavy atom. The van der Waals surface area contributed by atoms with Gasteiger partial charge in [0.25, 0.3) is 11.8 Å². The van der Waals surface area contributed by atoms with Crippen molar-refractivity contribution in [3.63, 3.8) is 0 Å². The van der Waals surface area contributed by atoms with Crippen LogP contribution in [0.3, 0.4) is 0 Å². The van der Waals surface area contributed by atoms with Gasteiger partial charge in [-0.05, 0) is 36.4 Å². The summed E-state index contributed by atoms with van der Waals surface area (Å²) in [6, 6.07) is 16.9. The van der Waals surface area contributed by atoms with Crippen LogP contribution in [0.1, 0.15) is 10.4 Å². The highest BCUT2D eigenvalue weighted by Crippen LogP contribution is 2.13. The Kier molecular flexibility index (Phi) is 7.54. The van der Waals surface area contributed by atoms with E-state index in [0.29, 0.717) is 17.0 Å². The fourth-order valence-corrected chi connectivity index (χ4v) is 2.27. The van der Waals surface area contributed by atoms with Gasteiger partial charge >= 0.3 is 5.97 Å². The van der Waals surface area contributed by atoms with E-state index in [1.807, 2.05) is 6.07 Å². The lowest BCUT2D eigenvalue weighted by atomic mass is 10.2. The molecule has 0 unspecified atom stereocenters. The third-order valence-corrected chi connectivity index (χ3v) is 3.70. The summed E-state index contributed by atoms with van der Waals surface area (Å²) >= 11 is 0. The molecule has 0 aromatic heterocycles. The van der Waals surface area contributed by atoms with E-state index in [4.69, 9.17) is 14.7 Å². The number of hydrogen-bond acceptors (Lipinski definition) is 6. The average molecular weight is 381 g/mol. The molecule has 0 atom stereocenters. The molecule has 2 amide bonds. The molecular weight excluding hydrogens is 362 g/mol. The van der Waals surface area contributed by atoms with E-state index in [1.165, 1.54) is 12.0 Å². The molecule has 0 fully saturated rings. The summed E-state index contributed by atoms with van der Waals surface area (Å²) < 4.78 is 9.91. The number of carbonyl (C=O) groups excluding carboxylic acids is 3. The maximum absolute atomic E-state index is 12.3. The number of nitrogens with one attached hydrogen (secondary N) is 1. The highest BCUT2D eigenvalue weighted by atomic mass is 16.5. The standard InChI is InChI=1S/C20H19N3O5/c1-27-17-9-7-15(8-10-17)20(26)22-13-19(25)28-14-18(24)23(12-11-21)16-5-3-2-4-6-16/h2-10H,12-14H2,1H3,(H,22,26). The monoisotopic (exact) mass is 381 g/mol. The number of benzene rings is 2. The highest BCUT2D eigenvalue weighted by Gasteiger charge is 2.17. The van der Waals surface area contributed by atoms with Crippen molar-refractivity contribution < 1.29 is 23.9 Å². The van der Waals surface area contributed by atoms with Crippen LogP contribution < -0.4 is 15.0 Å². The number of anilines is 1. The van der Waals surface area contributed by atoms with E-state index in [-0.39, 0.29) is 13.1 Å². The first kappa shape index (κ1) is 20.5. The van der Waals surface area contributed by atoms with Gasteiger partial charge in [0.05, 0.1) is 13.2 Å². The lowest BCUT2D eigenvalue weighted by Gasteiger charge is -2.19. The maximum Gasteiger partial charge on any atom is 0.325 e. The van der Waals surface area contributed by atoms with Crippen LogP contribution in [-0.4, -0.2) is 44.6 Å². The number of amides is 2. The predicted molar refractivity (Wildman–Crippen MR) is 101 cm³/mol. The van der Waals surface area contributed by atoms with Gasteiger partial charge in [-0.25, -0.2) is 0 Å². The van der Waals surface area contributed by atoms with Gasteiger partial charge in [0.1, 0.15) is 18.8 Å². The number of hydrogen-bond donors (Lipinski definition) is 1. The van der Waals surface area contributed by atoms with Crippen molar-refractivity contribution in [2.75, 3.05) is 31.7 Å². The van der Waals surface area contributed by atoms with E-state index in [0.717, 1.165) is 0 Å². The van der Waals surface area contributed by atoms with Gasteiger partial charge in [-0.3, -0.25) is 19.3 Å². The van der Waals surface area contributed by atoms with Gasteiger partial charge in [-0.2, -0.15) is 5.26 Å². The fraction of sp³-hybridized carbons (Fsp3) is 0.200. The van der Waals surface area contributed by atoms with Crippen molar-refractivity contribution >= 4 is 23.5 Å². The molecule has 0 heterocycles. The molecule has 8 heteroatoms. The molecule has 2 aromatic carbocycles. The van der Waals surface area contributed by atoms with Gasteiger partial charge < -0.3 is 14.8 Å². The van der Waals surface area contributed by atoms with Gasteiger partial charge in [0, 0.05) is 11.3 Å². The Balaban J connectivity index is 1.82. The Labute approximate surface area is 162 Å². The molecule has 28 heavy (non-hydrogen) atoms. The summed E-state index contributed by atoms with van der Waals surface area (Å²) in [6.45, 7) is -1.09. The molecule has 0 bridgehead atoms. The van der Waals surface area contributed by atoms with Crippen LogP contribution >= 0.6 is 0 Å². The summed E-state index contributed by atoms with van der Waals surface area (Å²) in [5, 5.41) is 11.3. The summed E-state index contributed by atoms with van der Waals surface area (Å²) in [5.74, 6) is -1.15. The number of para-hydroxylation sites is 1. The van der Waals surface area contributed by atoms with Crippen LogP contribution in [0, 0.1) is 11.3 Å². The van der Waals surface area contributed by atoms with Crippen LogP contribution in [0.25, 0.3) is 0 Å². The average Bonchev–Trinajstić information content (AvgIpc) is 2.74. The smallest absolute Gasteiger partial charge is 0.325 e. The Morgan fingerprint density at radius 3 is 2.36 bits per heavy atom. The third-order valence-electron chi connectivity index (χ3n) is 3.70. The minimum absolute atomic E-state index is 0.172. The van der Waals surface area contributed by atoms with Crippen molar-refractivity contribution in [3.05, 3.63) is 60.2 Å². The second-order valence-electron chi connectivity index (χ2n) is 5.55. The number of nitriles is 1. The van der Waals surface area contributed by atoms with Crippen LogP contribution in [0.5, 0.6) is 5.75 Å². The molecule has 0 saturated carbocycles. The number of nitrogens with zero attached hydrogens (tertiary/aromatic N) is 2. The Morgan fingerprint density at radius 1 is 1.07 bits per heavy atom. The van der Waals surface area contributed by atoms with Crippen molar-refractivity contribution in [1.82, 2.24) is 5.32 Å². The molecular formula is C20H19N3O5. The topological polar surface area (TPSA) is 109 Å². The molecule has 0 aliphatic rings. The first-order valence-corrected chi connectivity index (χ1v) is 8.35. The van der Waals surface area contributed by atoms with Gasteiger partial charge in [0.15, 0.2) is 6.61 Å². The van der Waals surface area contributed by atoms with Crippen molar-refractivity contribution in [2.24, 2.45) is 0 Å². The Hall–Kier alpha value is -3.86. The number of methoxy groups -OCH3 is 1. The minimum Gasteiger partial charge on any atom is -0.497 e. The number of rotatable bonds is 8. The van der Waals surface area contributed by atoms with Gasteiger partial charge in [-0.15, -0.1) is 0 Å². The second kappa shape index (κ2) is 10.3. The van der Waals surface area contributed by atoms with Gasteiger partial charge in [0.2, 0.25) is 0 Å². The summed E-state index contributed by atoms with van der Waals surface area (Å²) in [5.41, 5.74) is 0.881. The van der Waals surface area contributed by atoms with Crippen molar-refractivity contribution in [1.29, 1.82) is 5.26 Å². The third kappa shape index (κ3) is 5.85. The van der Waals surface area contributed by atoms with E-state index in [1.54, 1.807) is 54.6 Å². The molecule has 0 radical (unpaired) electrons. The van der Waals surface area contributed by atoms with E-state index in [2.05, 4.69) is 5.32 Å². The molecule has 144 valence electrons. The van der Waals surface area contributed by atoms with Crippen molar-refractivity contribution in [2.45, 2.75) is 0 Å². The summed E-state index contributed by atoms with van der Waals surface area (Å²) in [7, 11) is 1.52. The normalized spacial score (nSPS) is 9.71. The fourth-order valence-electron chi connectivity index (χ4n) is 2.27. The zero-order valence-corrected chi connectivity index (χ0v) is 15.3. The van der Waals surface area contributed by atoms with Gasteiger partial charge in [-0.1, -0.05) is 18.2 Å². The number of esters is 1. The molecule has 0 aliphatic carbocycles. The molecule has 0 spiro atoms. The molecule has 1 N–H and O–H groups in total. The maximum atomic E-state index is 12.3. The number of ether oxygens (including phenoxy) is 2. The molecule has 2 rings (SSSR count). The zero-order valence-electron chi connectivity index (χ0n) is 15.3. The molecule has 8 nitrogen and oxygen atoms in total. The zero-order chi connectivity index (χ0) is 20.4. The molecule has 2 aromatic rings. The van der Waals surface area contributed by atoms with E-state index in [9.17, 15) is 14.4 Å². The highest BCUT2D eigenvalue weighted by molar-refractivity contribution is 5.97. The first-order valence-electron chi connectivity index (χ1n) is 8.35. The van der Waals surface area contributed by atoms with E-state index >= 15 is 0 Å². The summed E-state index contributed by atoms with van der Waals surface area (Å²) in [6.07, 6.45) is 0. The SMILES string of the molecule is COc1ccc(C(=O)NCC(=O)OCC(=O)N(CC#N)c2ccccc2)cc1. The van der Waals surface area contributed by atoms with E-state index < -0.39 is 24.4 Å². The first-order chi connectivity index (χ1) is 13.5. The van der Waals surface area contributed by atoms with Crippen molar-refractivity contribution in [3.8, 4) is 11.8 Å². The quantitative estimate of drug-likeness (QED) is 0.549. The predicted octanol–water partition coefficient (Wildman–Crippen LogP) is 1.52.